The van der Waals surface area contributed by atoms with Crippen molar-refractivity contribution in [2.75, 3.05) is 0 Å². The number of alkyl carbamates (subject to hydrolysis) is 1. The van der Waals surface area contributed by atoms with E-state index in [1.165, 1.54) is 6.92 Å². The van der Waals surface area contributed by atoms with Crippen LogP contribution in [-0.2, 0) is 42.3 Å². The molecule has 2 atom stereocenters. The van der Waals surface area contributed by atoms with Crippen molar-refractivity contribution in [1.29, 1.82) is 0 Å². The number of carbonyl (C=O) groups excluding carboxylic acids is 3. The van der Waals surface area contributed by atoms with Crippen molar-refractivity contribution in [2.45, 2.75) is 58.4 Å². The van der Waals surface area contributed by atoms with Crippen molar-refractivity contribution in [3.63, 3.8) is 0 Å². The largest absolute Gasteiger partial charge is 0.459 e. The van der Waals surface area contributed by atoms with Crippen molar-refractivity contribution in [2.24, 2.45) is 0 Å². The van der Waals surface area contributed by atoms with Gasteiger partial charge in [-0.25, -0.2) is 4.79 Å². The Morgan fingerprint density at radius 1 is 0.917 bits per heavy atom. The quantitative estimate of drug-likeness (QED) is 0.260. The van der Waals surface area contributed by atoms with Gasteiger partial charge in [-0.15, -0.1) is 4.83 Å². The summed E-state index contributed by atoms with van der Waals surface area (Å²) in [7, 11) is -4.38. The molecule has 2 aromatic rings. The molecule has 0 radical (unpaired) electrons. The van der Waals surface area contributed by atoms with Gasteiger partial charge in [0.05, 0.1) is 0 Å². The third-order valence-corrected chi connectivity index (χ3v) is 5.49. The molecule has 196 valence electrons. The molecule has 0 aliphatic rings. The molecule has 0 bridgehead atoms. The van der Waals surface area contributed by atoms with E-state index < -0.39 is 45.9 Å². The minimum atomic E-state index is -4.38. The average molecular weight is 521 g/mol. The molecule has 0 aliphatic heterocycles. The maximum Gasteiger partial charge on any atom is 0.408 e. The zero-order valence-electron chi connectivity index (χ0n) is 20.6. The van der Waals surface area contributed by atoms with Gasteiger partial charge in [-0.2, -0.15) is 13.1 Å². The van der Waals surface area contributed by atoms with E-state index in [9.17, 15) is 22.8 Å². The van der Waals surface area contributed by atoms with E-state index in [4.69, 9.17) is 9.47 Å². The predicted octanol–water partition coefficient (Wildman–Crippen LogP) is 1.71. The van der Waals surface area contributed by atoms with Crippen LogP contribution in [0.25, 0.3) is 0 Å². The molecule has 0 spiro atoms. The van der Waals surface area contributed by atoms with Crippen LogP contribution in [0.1, 0.15) is 38.8 Å². The van der Waals surface area contributed by atoms with E-state index >= 15 is 0 Å². The molecule has 0 fully saturated rings. The van der Waals surface area contributed by atoms with Crippen molar-refractivity contribution >= 4 is 28.2 Å². The van der Waals surface area contributed by atoms with Crippen molar-refractivity contribution in [1.82, 2.24) is 20.3 Å². The Morgan fingerprint density at radius 2 is 1.47 bits per heavy atom. The van der Waals surface area contributed by atoms with Gasteiger partial charge in [-0.3, -0.25) is 15.0 Å². The van der Waals surface area contributed by atoms with Crippen LogP contribution >= 0.6 is 0 Å². The Balaban J connectivity index is 1.91. The number of nitrogens with one attached hydrogen (secondary N) is 4. The fourth-order valence-corrected chi connectivity index (χ4v) is 3.69. The van der Waals surface area contributed by atoms with Crippen LogP contribution in [0.15, 0.2) is 60.7 Å². The average Bonchev–Trinajstić information content (AvgIpc) is 2.81. The molecule has 0 aliphatic carbocycles. The maximum atomic E-state index is 12.6. The van der Waals surface area contributed by atoms with Gasteiger partial charge in [0.1, 0.15) is 24.3 Å². The molecule has 0 aromatic heterocycles. The summed E-state index contributed by atoms with van der Waals surface area (Å²) in [5.74, 6) is -1.63. The van der Waals surface area contributed by atoms with Gasteiger partial charge in [0.15, 0.2) is 0 Å². The Bertz CT molecular complexity index is 1120. The highest BCUT2D eigenvalue weighted by atomic mass is 32.2. The van der Waals surface area contributed by atoms with Gasteiger partial charge in [0.2, 0.25) is 0 Å². The molecule has 0 saturated carbocycles. The summed E-state index contributed by atoms with van der Waals surface area (Å²) in [5, 5.41) is 2.30. The van der Waals surface area contributed by atoms with E-state index in [0.717, 1.165) is 5.56 Å². The number of hydrogen-bond acceptors (Lipinski definition) is 7. The first-order valence-electron chi connectivity index (χ1n) is 11.2. The van der Waals surface area contributed by atoms with E-state index in [0.29, 0.717) is 5.56 Å². The lowest BCUT2D eigenvalue weighted by molar-refractivity contribution is -0.156. The molecular weight excluding hydrogens is 488 g/mol. The molecule has 36 heavy (non-hydrogen) atoms. The second kappa shape index (κ2) is 13.0. The number of hydrazine groups is 1. The van der Waals surface area contributed by atoms with Crippen LogP contribution < -0.4 is 20.3 Å². The zero-order valence-corrected chi connectivity index (χ0v) is 21.4. The van der Waals surface area contributed by atoms with Gasteiger partial charge in [0, 0.05) is 0 Å². The molecule has 0 unspecified atom stereocenters. The van der Waals surface area contributed by atoms with Crippen molar-refractivity contribution in [3.8, 4) is 0 Å². The van der Waals surface area contributed by atoms with Crippen LogP contribution in [0.2, 0.25) is 0 Å². The standard InChI is InChI=1S/C24H32N4O7S/c1-17(25-23(31)34-16-19-13-9-6-10-14-19)21(29)26-28-36(32,33)27-20(22(30)35-24(2,3)4)15-18-11-7-5-8-12-18/h5-14,17,20,27-28H,15-16H2,1-4H3,(H,25,31)(H,26,29)/t17-,20+/m0/s1. The van der Waals surface area contributed by atoms with Gasteiger partial charge in [-0.05, 0) is 45.2 Å². The first-order valence-corrected chi connectivity index (χ1v) is 12.7. The highest BCUT2D eigenvalue weighted by Crippen LogP contribution is 2.12. The smallest absolute Gasteiger partial charge is 0.408 e. The van der Waals surface area contributed by atoms with Gasteiger partial charge in [0.25, 0.3) is 16.1 Å². The molecule has 2 rings (SSSR count). The fraction of sp³-hybridized carbons (Fsp3) is 0.375. The van der Waals surface area contributed by atoms with Crippen LogP contribution in [0, 0.1) is 0 Å². The number of rotatable bonds is 11. The van der Waals surface area contributed by atoms with Crippen LogP contribution in [0.3, 0.4) is 0 Å². The van der Waals surface area contributed by atoms with Crippen LogP contribution in [0.5, 0.6) is 0 Å². The number of amides is 2. The minimum Gasteiger partial charge on any atom is -0.459 e. The second-order valence-electron chi connectivity index (χ2n) is 8.92. The SMILES string of the molecule is C[C@H](NC(=O)OCc1ccccc1)C(=O)NNS(=O)(=O)N[C@H](Cc1ccccc1)C(=O)OC(C)(C)C. The molecule has 0 saturated heterocycles. The molecule has 12 heteroatoms. The summed E-state index contributed by atoms with van der Waals surface area (Å²) in [6.07, 6.45) is -0.828. The number of hydrogen-bond donors (Lipinski definition) is 4. The summed E-state index contributed by atoms with van der Waals surface area (Å²) in [5.41, 5.74) is 2.62. The fourth-order valence-electron chi connectivity index (χ4n) is 2.85. The Hall–Kier alpha value is -3.48. The highest BCUT2D eigenvalue weighted by Gasteiger charge is 2.30. The number of benzene rings is 2. The minimum absolute atomic E-state index is 0.00499. The van der Waals surface area contributed by atoms with Crippen molar-refractivity contribution in [3.05, 3.63) is 71.8 Å². The normalized spacial score (nSPS) is 13.2. The van der Waals surface area contributed by atoms with E-state index in [-0.39, 0.29) is 13.0 Å². The van der Waals surface area contributed by atoms with Crippen LogP contribution in [0.4, 0.5) is 4.79 Å². The Labute approximate surface area is 211 Å². The van der Waals surface area contributed by atoms with Gasteiger partial charge < -0.3 is 14.8 Å². The number of esters is 1. The lowest BCUT2D eigenvalue weighted by atomic mass is 10.1. The second-order valence-corrected chi connectivity index (χ2v) is 10.4. The Kier molecular flexibility index (Phi) is 10.4. The first kappa shape index (κ1) is 28.8. The van der Waals surface area contributed by atoms with E-state index in [1.54, 1.807) is 75.4 Å². The molecule has 0 heterocycles. The van der Waals surface area contributed by atoms with Crippen LogP contribution in [-0.4, -0.2) is 44.1 Å². The molecule has 2 aromatic carbocycles. The number of ether oxygens (including phenoxy) is 2. The monoisotopic (exact) mass is 520 g/mol. The summed E-state index contributed by atoms with van der Waals surface area (Å²) in [6, 6.07) is 15.4. The maximum absolute atomic E-state index is 12.6. The molecule has 4 N–H and O–H groups in total. The number of carbonyl (C=O) groups is 3. The third-order valence-electron chi connectivity index (χ3n) is 4.52. The summed E-state index contributed by atoms with van der Waals surface area (Å²) in [4.78, 5) is 38.7. The molecular formula is C24H32N4O7S. The van der Waals surface area contributed by atoms with Crippen molar-refractivity contribution < 1.29 is 32.3 Å². The van der Waals surface area contributed by atoms with E-state index in [1.807, 2.05) is 16.3 Å². The van der Waals surface area contributed by atoms with Gasteiger partial charge in [-0.1, -0.05) is 60.7 Å². The molecule has 2 amide bonds. The molecule has 11 nitrogen and oxygen atoms in total. The predicted molar refractivity (Wildman–Crippen MR) is 132 cm³/mol. The van der Waals surface area contributed by atoms with E-state index in [2.05, 4.69) is 10.0 Å². The lowest BCUT2D eigenvalue weighted by Crippen LogP contribution is -2.56. The zero-order chi connectivity index (χ0) is 26.8. The summed E-state index contributed by atoms with van der Waals surface area (Å²) >= 11 is 0. The summed E-state index contributed by atoms with van der Waals surface area (Å²) < 4.78 is 37.7. The Morgan fingerprint density at radius 3 is 2.03 bits per heavy atom. The third kappa shape index (κ3) is 10.8. The first-order chi connectivity index (χ1) is 16.8. The summed E-state index contributed by atoms with van der Waals surface area (Å²) in [6.45, 7) is 6.34. The highest BCUT2D eigenvalue weighted by molar-refractivity contribution is 7.87. The topological polar surface area (TPSA) is 152 Å². The van der Waals surface area contributed by atoms with Gasteiger partial charge >= 0.3 is 12.1 Å². The lowest BCUT2D eigenvalue weighted by Gasteiger charge is -2.25.